The molecule has 3 N–H and O–H groups in total. The molecule has 0 aromatic rings. The summed E-state index contributed by atoms with van der Waals surface area (Å²) in [5.74, 6) is 1.67. The van der Waals surface area contributed by atoms with E-state index in [9.17, 15) is 23.4 Å². The molecule has 39 heavy (non-hydrogen) atoms. The van der Waals surface area contributed by atoms with Crippen molar-refractivity contribution in [2.75, 3.05) is 26.1 Å². The highest BCUT2D eigenvalue weighted by atomic mass is 35.5. The van der Waals surface area contributed by atoms with Crippen molar-refractivity contribution in [2.45, 2.75) is 71.5 Å². The van der Waals surface area contributed by atoms with Gasteiger partial charge in [0.25, 0.3) is 6.43 Å². The number of nitrogens with one attached hydrogen (secondary N) is 1. The number of guanidine groups is 1. The van der Waals surface area contributed by atoms with Crippen LogP contribution in [-0.4, -0.2) is 83.0 Å². The summed E-state index contributed by atoms with van der Waals surface area (Å²) in [6, 6.07) is 0.213. The lowest BCUT2D eigenvalue weighted by molar-refractivity contribution is 0.0665. The van der Waals surface area contributed by atoms with Gasteiger partial charge in [-0.1, -0.05) is 51.2 Å². The number of allylic oxidation sites excluding steroid dienone is 7. The molecular formula is C28H43ClF3N5O2. The molecule has 11 heteroatoms. The van der Waals surface area contributed by atoms with Crippen LogP contribution in [0.1, 0.15) is 46.5 Å². The van der Waals surface area contributed by atoms with Gasteiger partial charge in [0.1, 0.15) is 12.1 Å². The van der Waals surface area contributed by atoms with Gasteiger partial charge in [-0.2, -0.15) is 9.98 Å². The van der Waals surface area contributed by atoms with Gasteiger partial charge in [-0.05, 0) is 43.8 Å². The number of aliphatic imine (C=N–C) groups is 2. The molecule has 0 saturated carbocycles. The second-order valence-electron chi connectivity index (χ2n) is 9.19. The Balaban J connectivity index is 0.00000116. The van der Waals surface area contributed by atoms with Gasteiger partial charge >= 0.3 is 0 Å². The summed E-state index contributed by atoms with van der Waals surface area (Å²) in [5.41, 5.74) is 0.529. The van der Waals surface area contributed by atoms with Gasteiger partial charge in [-0.25, -0.2) is 8.78 Å². The predicted molar refractivity (Wildman–Crippen MR) is 155 cm³/mol. The standard InChI is InChI=1S/C24H35F2N5O2.C3H5Cl.CH3F/c1-4-5-9-20-28-23(30-14-12-18(13-15-30)27-22(32)16(2)3)29-24(33)31(20)19-8-6-7-17(10-11-19)21(25)26;1-2-3-4;1-2/h5,7-11,16,18,21-22,24,27,32-33H,4,6,12-15H2,1-3H3;2H,1,3H2;1H3/b9-5+;;. The van der Waals surface area contributed by atoms with E-state index in [-0.39, 0.29) is 17.5 Å². The number of amidine groups is 1. The zero-order chi connectivity index (χ0) is 29.4. The van der Waals surface area contributed by atoms with Crippen molar-refractivity contribution in [1.82, 2.24) is 15.1 Å². The van der Waals surface area contributed by atoms with E-state index in [0.29, 0.717) is 50.1 Å². The molecule has 2 unspecified atom stereocenters. The van der Waals surface area contributed by atoms with E-state index >= 15 is 0 Å². The molecule has 0 spiro atoms. The molecule has 0 bridgehead atoms. The highest BCUT2D eigenvalue weighted by Gasteiger charge is 2.30. The first-order valence-electron chi connectivity index (χ1n) is 13.1. The van der Waals surface area contributed by atoms with Gasteiger partial charge < -0.3 is 15.1 Å². The SMILES string of the molecule is C=CCCl.CC/C=C/C1=NC(N2CCC(NC(O)C(C)C)CC2)=NC(O)N1C1=CCC=C(C(F)F)C=C1.CF. The number of halogens is 4. The van der Waals surface area contributed by atoms with Crippen LogP contribution in [0.4, 0.5) is 13.2 Å². The van der Waals surface area contributed by atoms with E-state index in [0.717, 1.165) is 19.3 Å². The van der Waals surface area contributed by atoms with Crippen molar-refractivity contribution < 1.29 is 23.4 Å². The largest absolute Gasteiger partial charge is 0.378 e. The fourth-order valence-electron chi connectivity index (χ4n) is 3.88. The minimum Gasteiger partial charge on any atom is -0.378 e. The number of rotatable bonds is 8. The molecule has 7 nitrogen and oxygen atoms in total. The van der Waals surface area contributed by atoms with Crippen molar-refractivity contribution in [1.29, 1.82) is 0 Å². The Bertz CT molecular complexity index is 926. The fourth-order valence-corrected chi connectivity index (χ4v) is 3.88. The van der Waals surface area contributed by atoms with Crippen LogP contribution in [0.15, 0.2) is 70.4 Å². The summed E-state index contributed by atoms with van der Waals surface area (Å²) in [6.45, 7) is 10.7. The van der Waals surface area contributed by atoms with E-state index in [2.05, 4.69) is 16.9 Å². The van der Waals surface area contributed by atoms with Crippen molar-refractivity contribution in [2.24, 2.45) is 15.9 Å². The van der Waals surface area contributed by atoms with Crippen molar-refractivity contribution in [3.8, 4) is 0 Å². The van der Waals surface area contributed by atoms with Crippen LogP contribution >= 0.6 is 11.6 Å². The molecule has 3 aliphatic rings. The topological polar surface area (TPSA) is 83.7 Å². The Morgan fingerprint density at radius 1 is 1.21 bits per heavy atom. The number of piperidine rings is 1. The Morgan fingerprint density at radius 3 is 2.38 bits per heavy atom. The molecule has 1 saturated heterocycles. The molecule has 0 aromatic heterocycles. The van der Waals surface area contributed by atoms with E-state index in [1.807, 2.05) is 37.8 Å². The minimum atomic E-state index is -2.54. The van der Waals surface area contributed by atoms with Crippen molar-refractivity contribution >= 4 is 23.4 Å². The predicted octanol–water partition coefficient (Wildman–Crippen LogP) is 5.36. The summed E-state index contributed by atoms with van der Waals surface area (Å²) in [4.78, 5) is 12.7. The maximum Gasteiger partial charge on any atom is 0.263 e. The Labute approximate surface area is 235 Å². The smallest absolute Gasteiger partial charge is 0.263 e. The molecule has 2 atom stereocenters. The Hall–Kier alpha value is -2.40. The number of hydrogen-bond donors (Lipinski definition) is 3. The summed E-state index contributed by atoms with van der Waals surface area (Å²) in [6.07, 6.45) is 10.1. The average molecular weight is 574 g/mol. The number of aliphatic hydroxyl groups excluding tert-OH is 2. The van der Waals surface area contributed by atoms with Gasteiger partial charge in [-0.15, -0.1) is 18.2 Å². The third kappa shape index (κ3) is 11.3. The second-order valence-corrected chi connectivity index (χ2v) is 9.50. The minimum absolute atomic E-state index is 0.0430. The quantitative estimate of drug-likeness (QED) is 0.207. The van der Waals surface area contributed by atoms with Crippen LogP contribution in [0.25, 0.3) is 0 Å². The van der Waals surface area contributed by atoms with E-state index < -0.39 is 19.0 Å². The van der Waals surface area contributed by atoms with E-state index in [4.69, 9.17) is 16.6 Å². The maximum absolute atomic E-state index is 13.1. The molecule has 1 fully saturated rings. The first-order chi connectivity index (χ1) is 18.7. The van der Waals surface area contributed by atoms with Crippen LogP contribution in [-0.2, 0) is 0 Å². The monoisotopic (exact) mass is 573 g/mol. The third-order valence-electron chi connectivity index (χ3n) is 6.01. The fraction of sp³-hybridized carbons (Fsp3) is 0.571. The van der Waals surface area contributed by atoms with Gasteiger partial charge in [0.05, 0.1) is 7.18 Å². The molecule has 0 amide bonds. The molecule has 0 aromatic carbocycles. The summed E-state index contributed by atoms with van der Waals surface area (Å²) in [5, 5.41) is 24.3. The lowest BCUT2D eigenvalue weighted by atomic mass is 10.0. The number of nitrogens with zero attached hydrogens (tertiary/aromatic N) is 4. The van der Waals surface area contributed by atoms with Crippen molar-refractivity contribution in [3.63, 3.8) is 0 Å². The average Bonchev–Trinajstić information content (AvgIpc) is 3.19. The normalized spacial score (nSPS) is 20.8. The van der Waals surface area contributed by atoms with Gasteiger partial charge in [0.2, 0.25) is 12.3 Å². The molecule has 3 rings (SSSR count). The molecule has 220 valence electrons. The van der Waals surface area contributed by atoms with Crippen LogP contribution in [0.3, 0.4) is 0 Å². The van der Waals surface area contributed by atoms with Gasteiger partial charge in [-0.3, -0.25) is 14.6 Å². The lowest BCUT2D eigenvalue weighted by Gasteiger charge is -2.38. The number of likely N-dealkylation sites (tertiary alicyclic amines) is 1. The zero-order valence-corrected chi connectivity index (χ0v) is 24.0. The van der Waals surface area contributed by atoms with Gasteiger partial charge in [0.15, 0.2) is 0 Å². The second kappa shape index (κ2) is 18.8. The van der Waals surface area contributed by atoms with E-state index in [1.165, 1.54) is 12.2 Å². The molecule has 2 aliphatic heterocycles. The maximum atomic E-state index is 13.1. The zero-order valence-electron chi connectivity index (χ0n) is 23.3. The Kier molecular flexibility index (Phi) is 16.7. The summed E-state index contributed by atoms with van der Waals surface area (Å²) < 4.78 is 35.7. The lowest BCUT2D eigenvalue weighted by Crippen LogP contribution is -2.50. The summed E-state index contributed by atoms with van der Waals surface area (Å²) in [7, 11) is 0.500. The number of alkyl halides is 4. The molecule has 0 radical (unpaired) electrons. The highest BCUT2D eigenvalue weighted by molar-refractivity contribution is 6.18. The van der Waals surface area contributed by atoms with Crippen LogP contribution in [0, 0.1) is 5.92 Å². The first-order valence-corrected chi connectivity index (χ1v) is 13.7. The third-order valence-corrected chi connectivity index (χ3v) is 6.23. The number of hydrogen-bond acceptors (Lipinski definition) is 7. The highest BCUT2D eigenvalue weighted by Crippen LogP contribution is 2.24. The van der Waals surface area contributed by atoms with Gasteiger partial charge in [0, 0.05) is 36.3 Å². The molecular weight excluding hydrogens is 531 g/mol. The van der Waals surface area contributed by atoms with Crippen LogP contribution in [0.2, 0.25) is 0 Å². The Morgan fingerprint density at radius 2 is 1.85 bits per heavy atom. The summed E-state index contributed by atoms with van der Waals surface area (Å²) >= 11 is 5.07. The van der Waals surface area contributed by atoms with Crippen LogP contribution < -0.4 is 5.32 Å². The van der Waals surface area contributed by atoms with Crippen molar-refractivity contribution in [3.05, 3.63) is 60.4 Å². The van der Waals surface area contributed by atoms with E-state index in [1.54, 1.807) is 23.1 Å². The number of aliphatic hydroxyl groups is 2. The first kappa shape index (κ1) is 34.6. The van der Waals surface area contributed by atoms with Crippen LogP contribution in [0.5, 0.6) is 0 Å². The molecule has 2 heterocycles. The molecule has 1 aliphatic carbocycles.